The van der Waals surface area contributed by atoms with Gasteiger partial charge in [0.1, 0.15) is 23.0 Å². The van der Waals surface area contributed by atoms with E-state index in [2.05, 4.69) is 43.7 Å². The Morgan fingerprint density at radius 3 is 2.90 bits per heavy atom. The van der Waals surface area contributed by atoms with Gasteiger partial charge in [-0.25, -0.2) is 14.6 Å². The van der Waals surface area contributed by atoms with Gasteiger partial charge in [0.15, 0.2) is 0 Å². The van der Waals surface area contributed by atoms with Crippen LogP contribution in [-0.2, 0) is 0 Å². The van der Waals surface area contributed by atoms with Crippen molar-refractivity contribution < 1.29 is 0 Å². The molecule has 0 bridgehead atoms. The van der Waals surface area contributed by atoms with Crippen molar-refractivity contribution in [3.05, 3.63) is 36.4 Å². The number of allylic oxidation sites excluding steroid dienone is 1. The van der Waals surface area contributed by atoms with Crippen molar-refractivity contribution in [2.45, 2.75) is 19.8 Å². The summed E-state index contributed by atoms with van der Waals surface area (Å²) in [6, 6.07) is 2.07. The molecule has 0 saturated carbocycles. The van der Waals surface area contributed by atoms with E-state index in [4.69, 9.17) is 0 Å². The molecule has 20 heavy (non-hydrogen) atoms. The van der Waals surface area contributed by atoms with Gasteiger partial charge in [-0.15, -0.1) is 0 Å². The predicted octanol–water partition coefficient (Wildman–Crippen LogP) is 2.59. The Kier molecular flexibility index (Phi) is 2.52. The van der Waals surface area contributed by atoms with E-state index < -0.39 is 0 Å². The smallest absolute Gasteiger partial charge is 0.139 e. The molecule has 0 aromatic carbocycles. The molecule has 0 radical (unpaired) electrons. The maximum absolute atomic E-state index is 4.49. The molecule has 3 aromatic heterocycles. The van der Waals surface area contributed by atoms with E-state index in [0.717, 1.165) is 48.0 Å². The third-order valence-corrected chi connectivity index (χ3v) is 4.17. The standard InChI is InChI=1S/C15H17N5/c1-2-11-4-7-19(8-5-11)20-10-18-13-9-17-15-12(14(13)20)3-6-16-15/h2-3,6,9-10H,4-5,7-8H2,1H3,(H,16,17). The zero-order valence-corrected chi connectivity index (χ0v) is 11.5. The number of hydrogen-bond acceptors (Lipinski definition) is 3. The number of nitrogens with zero attached hydrogens (tertiary/aromatic N) is 4. The number of imidazole rings is 1. The van der Waals surface area contributed by atoms with Crippen LogP contribution in [-0.4, -0.2) is 32.7 Å². The second kappa shape index (κ2) is 4.37. The summed E-state index contributed by atoms with van der Waals surface area (Å²) >= 11 is 0. The molecule has 0 amide bonds. The largest absolute Gasteiger partial charge is 0.346 e. The molecule has 4 rings (SSSR count). The number of pyridine rings is 1. The molecule has 0 spiro atoms. The zero-order chi connectivity index (χ0) is 13.5. The molecule has 1 fully saturated rings. The summed E-state index contributed by atoms with van der Waals surface area (Å²) in [5.41, 5.74) is 4.58. The number of H-pyrrole nitrogens is 1. The fraction of sp³-hybridized carbons (Fsp3) is 0.333. The van der Waals surface area contributed by atoms with Crippen molar-refractivity contribution in [3.8, 4) is 0 Å². The Hall–Kier alpha value is -2.30. The lowest BCUT2D eigenvalue weighted by atomic mass is 10.1. The minimum absolute atomic E-state index is 0.922. The predicted molar refractivity (Wildman–Crippen MR) is 80.3 cm³/mol. The van der Waals surface area contributed by atoms with E-state index in [0.29, 0.717) is 0 Å². The lowest BCUT2D eigenvalue weighted by molar-refractivity contribution is 0.548. The maximum atomic E-state index is 4.49. The minimum Gasteiger partial charge on any atom is -0.346 e. The molecule has 5 heteroatoms. The van der Waals surface area contributed by atoms with Crippen molar-refractivity contribution in [3.63, 3.8) is 0 Å². The molecule has 0 atom stereocenters. The molecule has 0 aliphatic carbocycles. The van der Waals surface area contributed by atoms with Gasteiger partial charge < -0.3 is 9.99 Å². The topological polar surface area (TPSA) is 49.7 Å². The van der Waals surface area contributed by atoms with Crippen molar-refractivity contribution in [1.29, 1.82) is 0 Å². The second-order valence-corrected chi connectivity index (χ2v) is 5.22. The zero-order valence-electron chi connectivity index (χ0n) is 11.5. The highest BCUT2D eigenvalue weighted by Crippen LogP contribution is 2.24. The number of aromatic amines is 1. The Bertz CT molecular complexity index is 785. The van der Waals surface area contributed by atoms with Gasteiger partial charge in [-0.1, -0.05) is 11.6 Å². The number of rotatable bonds is 1. The number of hydrogen-bond donors (Lipinski definition) is 1. The number of aromatic nitrogens is 4. The van der Waals surface area contributed by atoms with Crippen LogP contribution in [0, 0.1) is 0 Å². The van der Waals surface area contributed by atoms with Crippen LogP contribution in [0.5, 0.6) is 0 Å². The average Bonchev–Trinajstić information content (AvgIpc) is 3.13. The first-order chi connectivity index (χ1) is 9.86. The lowest BCUT2D eigenvalue weighted by Crippen LogP contribution is -2.39. The van der Waals surface area contributed by atoms with Crippen LogP contribution < -0.4 is 5.01 Å². The van der Waals surface area contributed by atoms with Crippen molar-refractivity contribution >= 4 is 22.1 Å². The summed E-state index contributed by atoms with van der Waals surface area (Å²) in [6.45, 7) is 4.21. The van der Waals surface area contributed by atoms with Crippen LogP contribution in [0.15, 0.2) is 36.4 Å². The number of piperidine rings is 1. The molecule has 0 unspecified atom stereocenters. The van der Waals surface area contributed by atoms with E-state index in [1.165, 1.54) is 0 Å². The average molecular weight is 267 g/mol. The van der Waals surface area contributed by atoms with Crippen molar-refractivity contribution in [2.75, 3.05) is 18.1 Å². The first kappa shape index (κ1) is 11.5. The first-order valence-corrected chi connectivity index (χ1v) is 7.05. The van der Waals surface area contributed by atoms with Gasteiger partial charge >= 0.3 is 0 Å². The Morgan fingerprint density at radius 1 is 1.25 bits per heavy atom. The molecule has 1 saturated heterocycles. The van der Waals surface area contributed by atoms with E-state index >= 15 is 0 Å². The molecule has 1 aliphatic rings. The third-order valence-electron chi connectivity index (χ3n) is 4.17. The quantitative estimate of drug-likeness (QED) is 0.689. The molecule has 5 nitrogen and oxygen atoms in total. The minimum atomic E-state index is 0.922. The van der Waals surface area contributed by atoms with Crippen LogP contribution in [0.2, 0.25) is 0 Å². The number of nitrogens with one attached hydrogen (secondary N) is 1. The first-order valence-electron chi connectivity index (χ1n) is 7.05. The molecule has 1 N–H and O–H groups in total. The summed E-state index contributed by atoms with van der Waals surface area (Å²) in [7, 11) is 0. The third kappa shape index (κ3) is 1.62. The second-order valence-electron chi connectivity index (χ2n) is 5.22. The number of fused-ring (bicyclic) bond motifs is 3. The molecule has 102 valence electrons. The van der Waals surface area contributed by atoms with Crippen molar-refractivity contribution in [1.82, 2.24) is 19.6 Å². The van der Waals surface area contributed by atoms with Gasteiger partial charge in [0.2, 0.25) is 0 Å². The van der Waals surface area contributed by atoms with Crippen LogP contribution in [0.1, 0.15) is 19.8 Å². The summed E-state index contributed by atoms with van der Waals surface area (Å²) in [5.74, 6) is 0. The van der Waals surface area contributed by atoms with E-state index in [-0.39, 0.29) is 0 Å². The summed E-state index contributed by atoms with van der Waals surface area (Å²) in [5, 5.41) is 3.51. The van der Waals surface area contributed by atoms with Gasteiger partial charge in [0, 0.05) is 24.7 Å². The molecule has 1 aliphatic heterocycles. The summed E-state index contributed by atoms with van der Waals surface area (Å²) < 4.78 is 2.19. The highest BCUT2D eigenvalue weighted by atomic mass is 15.6. The lowest BCUT2D eigenvalue weighted by Gasteiger charge is -2.31. The molecular weight excluding hydrogens is 250 g/mol. The van der Waals surface area contributed by atoms with Crippen molar-refractivity contribution in [2.24, 2.45) is 0 Å². The fourth-order valence-corrected chi connectivity index (χ4v) is 2.99. The normalized spacial score (nSPS) is 16.2. The SMILES string of the molecule is CC=C1CCN(n2cnc3cnc4[nH]ccc4c32)CC1. The summed E-state index contributed by atoms with van der Waals surface area (Å²) in [6.07, 6.45) is 10.2. The molecular formula is C15H17N5. The molecule has 4 heterocycles. The van der Waals surface area contributed by atoms with E-state index in [1.54, 1.807) is 5.57 Å². The van der Waals surface area contributed by atoms with Gasteiger partial charge in [0.25, 0.3) is 0 Å². The summed E-state index contributed by atoms with van der Waals surface area (Å²) in [4.78, 5) is 12.1. The van der Waals surface area contributed by atoms with E-state index in [1.807, 2.05) is 18.7 Å². The maximum Gasteiger partial charge on any atom is 0.139 e. The highest BCUT2D eigenvalue weighted by molar-refractivity contribution is 6.01. The van der Waals surface area contributed by atoms with Gasteiger partial charge in [0.05, 0.1) is 6.20 Å². The highest BCUT2D eigenvalue weighted by Gasteiger charge is 2.17. The van der Waals surface area contributed by atoms with Gasteiger partial charge in [-0.3, -0.25) is 0 Å². The Balaban J connectivity index is 1.82. The fourth-order valence-electron chi connectivity index (χ4n) is 2.99. The Labute approximate surface area is 116 Å². The van der Waals surface area contributed by atoms with Crippen LogP contribution in [0.3, 0.4) is 0 Å². The van der Waals surface area contributed by atoms with Crippen LogP contribution >= 0.6 is 0 Å². The van der Waals surface area contributed by atoms with Crippen LogP contribution in [0.25, 0.3) is 22.1 Å². The Morgan fingerprint density at radius 2 is 2.10 bits per heavy atom. The molecule has 3 aromatic rings. The van der Waals surface area contributed by atoms with Crippen LogP contribution in [0.4, 0.5) is 0 Å². The van der Waals surface area contributed by atoms with Gasteiger partial charge in [-0.2, -0.15) is 0 Å². The van der Waals surface area contributed by atoms with E-state index in [9.17, 15) is 0 Å². The van der Waals surface area contributed by atoms with Gasteiger partial charge in [-0.05, 0) is 25.8 Å². The monoisotopic (exact) mass is 267 g/mol.